The second-order valence-electron chi connectivity index (χ2n) is 4.70. The highest BCUT2D eigenvalue weighted by molar-refractivity contribution is 6.32. The van der Waals surface area contributed by atoms with Crippen LogP contribution >= 0.6 is 11.6 Å². The lowest BCUT2D eigenvalue weighted by atomic mass is 10.0. The normalized spacial score (nSPS) is 20.2. The molecule has 1 saturated heterocycles. The van der Waals surface area contributed by atoms with Crippen molar-refractivity contribution in [2.24, 2.45) is 5.92 Å². The van der Waals surface area contributed by atoms with E-state index in [1.807, 2.05) is 0 Å². The average molecular weight is 284 g/mol. The summed E-state index contributed by atoms with van der Waals surface area (Å²) in [5.41, 5.74) is 0.271. The van der Waals surface area contributed by atoms with Crippen molar-refractivity contribution in [2.45, 2.75) is 25.9 Å². The Kier molecular flexibility index (Phi) is 4.61. The summed E-state index contributed by atoms with van der Waals surface area (Å²) in [4.78, 5) is 11.9. The first-order chi connectivity index (χ1) is 9.13. The molecule has 2 unspecified atom stereocenters. The molecule has 0 spiro atoms. The SMILES string of the molecule is C=CCn1ncc(NC(C)C2CCOC2)c(Cl)c1=O. The maximum absolute atomic E-state index is 11.9. The first-order valence-corrected chi connectivity index (χ1v) is 6.72. The lowest BCUT2D eigenvalue weighted by Crippen LogP contribution is -2.29. The molecule has 19 heavy (non-hydrogen) atoms. The van der Waals surface area contributed by atoms with Crippen molar-refractivity contribution >= 4 is 17.3 Å². The zero-order valence-corrected chi connectivity index (χ0v) is 11.7. The van der Waals surface area contributed by atoms with E-state index < -0.39 is 0 Å². The van der Waals surface area contributed by atoms with E-state index in [1.54, 1.807) is 12.3 Å². The number of rotatable bonds is 5. The van der Waals surface area contributed by atoms with Gasteiger partial charge in [-0.3, -0.25) is 4.79 Å². The van der Waals surface area contributed by atoms with Gasteiger partial charge in [-0.05, 0) is 13.3 Å². The van der Waals surface area contributed by atoms with Gasteiger partial charge in [0, 0.05) is 18.6 Å². The van der Waals surface area contributed by atoms with Gasteiger partial charge in [0.15, 0.2) is 0 Å². The van der Waals surface area contributed by atoms with E-state index in [2.05, 4.69) is 23.9 Å². The molecular formula is C13H18ClN3O2. The van der Waals surface area contributed by atoms with E-state index in [9.17, 15) is 4.79 Å². The molecule has 2 rings (SSSR count). The lowest BCUT2D eigenvalue weighted by Gasteiger charge is -2.20. The van der Waals surface area contributed by atoms with Crippen LogP contribution in [-0.4, -0.2) is 29.0 Å². The van der Waals surface area contributed by atoms with Gasteiger partial charge in [0.05, 0.1) is 25.0 Å². The van der Waals surface area contributed by atoms with Gasteiger partial charge in [0.1, 0.15) is 5.02 Å². The summed E-state index contributed by atoms with van der Waals surface area (Å²) in [5, 5.41) is 7.48. The smallest absolute Gasteiger partial charge is 0.287 e. The number of allylic oxidation sites excluding steroid dienone is 1. The fourth-order valence-electron chi connectivity index (χ4n) is 2.13. The minimum atomic E-state index is -0.304. The van der Waals surface area contributed by atoms with Crippen molar-refractivity contribution in [1.29, 1.82) is 0 Å². The molecule has 1 aliphatic heterocycles. The second-order valence-corrected chi connectivity index (χ2v) is 5.08. The minimum absolute atomic E-state index is 0.169. The molecule has 2 heterocycles. The van der Waals surface area contributed by atoms with E-state index in [-0.39, 0.29) is 16.6 Å². The second kappa shape index (κ2) is 6.21. The van der Waals surface area contributed by atoms with E-state index in [1.165, 1.54) is 4.68 Å². The van der Waals surface area contributed by atoms with Crippen LogP contribution in [0.2, 0.25) is 5.02 Å². The fraction of sp³-hybridized carbons (Fsp3) is 0.538. The molecule has 5 nitrogen and oxygen atoms in total. The fourth-order valence-corrected chi connectivity index (χ4v) is 2.33. The predicted octanol–water partition coefficient (Wildman–Crippen LogP) is 1.92. The van der Waals surface area contributed by atoms with Gasteiger partial charge < -0.3 is 10.1 Å². The van der Waals surface area contributed by atoms with Gasteiger partial charge >= 0.3 is 0 Å². The first kappa shape index (κ1) is 14.1. The lowest BCUT2D eigenvalue weighted by molar-refractivity contribution is 0.183. The Hall–Kier alpha value is -1.33. The molecule has 0 aliphatic carbocycles. The zero-order chi connectivity index (χ0) is 13.8. The molecule has 2 atom stereocenters. The minimum Gasteiger partial charge on any atom is -0.381 e. The van der Waals surface area contributed by atoms with E-state index >= 15 is 0 Å². The summed E-state index contributed by atoms with van der Waals surface area (Å²) in [7, 11) is 0. The Balaban J connectivity index is 2.14. The van der Waals surface area contributed by atoms with Gasteiger partial charge in [-0.2, -0.15) is 5.10 Å². The van der Waals surface area contributed by atoms with Crippen molar-refractivity contribution in [3.05, 3.63) is 34.2 Å². The largest absolute Gasteiger partial charge is 0.381 e. The van der Waals surface area contributed by atoms with Crippen molar-refractivity contribution in [2.75, 3.05) is 18.5 Å². The number of nitrogens with one attached hydrogen (secondary N) is 1. The molecule has 0 bridgehead atoms. The first-order valence-electron chi connectivity index (χ1n) is 6.34. The highest BCUT2D eigenvalue weighted by Crippen LogP contribution is 2.22. The molecule has 104 valence electrons. The molecule has 1 N–H and O–H groups in total. The van der Waals surface area contributed by atoms with Gasteiger partial charge in [-0.25, -0.2) is 4.68 Å². The Morgan fingerprint density at radius 2 is 2.58 bits per heavy atom. The van der Waals surface area contributed by atoms with Gasteiger partial charge in [-0.1, -0.05) is 17.7 Å². The molecule has 1 aliphatic rings. The number of hydrogen-bond donors (Lipinski definition) is 1. The Morgan fingerprint density at radius 1 is 1.79 bits per heavy atom. The molecule has 0 aromatic carbocycles. The number of ether oxygens (including phenoxy) is 1. The third-order valence-electron chi connectivity index (χ3n) is 3.34. The van der Waals surface area contributed by atoms with Crippen LogP contribution in [0.25, 0.3) is 0 Å². The van der Waals surface area contributed by atoms with Crippen LogP contribution in [0, 0.1) is 5.92 Å². The Labute approximate surface area is 117 Å². The van der Waals surface area contributed by atoms with Gasteiger partial charge in [0.2, 0.25) is 0 Å². The van der Waals surface area contributed by atoms with Crippen LogP contribution in [-0.2, 0) is 11.3 Å². The van der Waals surface area contributed by atoms with Gasteiger partial charge in [-0.15, -0.1) is 6.58 Å². The predicted molar refractivity (Wildman–Crippen MR) is 75.7 cm³/mol. The average Bonchev–Trinajstić information content (AvgIpc) is 2.92. The quantitative estimate of drug-likeness (QED) is 0.839. The van der Waals surface area contributed by atoms with Crippen LogP contribution in [0.15, 0.2) is 23.6 Å². The third-order valence-corrected chi connectivity index (χ3v) is 3.71. The molecule has 0 amide bonds. The maximum atomic E-state index is 11.9. The Bertz CT molecular complexity index is 509. The highest BCUT2D eigenvalue weighted by Gasteiger charge is 2.23. The molecule has 6 heteroatoms. The third kappa shape index (κ3) is 3.16. The molecule has 1 fully saturated rings. The number of hydrogen-bond acceptors (Lipinski definition) is 4. The number of aromatic nitrogens is 2. The summed E-state index contributed by atoms with van der Waals surface area (Å²) in [6.45, 7) is 7.53. The topological polar surface area (TPSA) is 56.1 Å². The van der Waals surface area contributed by atoms with Crippen molar-refractivity contribution in [3.63, 3.8) is 0 Å². The number of nitrogens with zero attached hydrogens (tertiary/aromatic N) is 2. The van der Waals surface area contributed by atoms with Crippen molar-refractivity contribution in [3.8, 4) is 0 Å². The summed E-state index contributed by atoms with van der Waals surface area (Å²) in [6, 6.07) is 0.191. The van der Waals surface area contributed by atoms with E-state index in [0.717, 1.165) is 19.6 Å². The zero-order valence-electron chi connectivity index (χ0n) is 10.9. The van der Waals surface area contributed by atoms with Crippen molar-refractivity contribution < 1.29 is 4.74 Å². The van der Waals surface area contributed by atoms with E-state index in [4.69, 9.17) is 16.3 Å². The highest BCUT2D eigenvalue weighted by atomic mass is 35.5. The molecule has 0 radical (unpaired) electrons. The van der Waals surface area contributed by atoms with Crippen LogP contribution in [0.1, 0.15) is 13.3 Å². The van der Waals surface area contributed by atoms with Crippen molar-refractivity contribution in [1.82, 2.24) is 9.78 Å². The summed E-state index contributed by atoms with van der Waals surface area (Å²) < 4.78 is 6.64. The maximum Gasteiger partial charge on any atom is 0.287 e. The Morgan fingerprint density at radius 3 is 3.21 bits per heavy atom. The van der Waals surface area contributed by atoms with Crippen LogP contribution in [0.5, 0.6) is 0 Å². The summed E-state index contributed by atoms with van der Waals surface area (Å²) >= 11 is 6.08. The number of halogens is 1. The molecular weight excluding hydrogens is 266 g/mol. The van der Waals surface area contributed by atoms with Crippen LogP contribution in [0.3, 0.4) is 0 Å². The monoisotopic (exact) mass is 283 g/mol. The van der Waals surface area contributed by atoms with E-state index in [0.29, 0.717) is 18.2 Å². The summed E-state index contributed by atoms with van der Waals surface area (Å²) in [6.07, 6.45) is 4.21. The standard InChI is InChI=1S/C13H18ClN3O2/c1-3-5-17-13(18)12(14)11(7-15-17)16-9(2)10-4-6-19-8-10/h3,7,9-10,16H,1,4-6,8H2,2H3. The molecule has 1 aromatic rings. The molecule has 1 aromatic heterocycles. The summed E-state index contributed by atoms with van der Waals surface area (Å²) in [5.74, 6) is 0.437. The van der Waals surface area contributed by atoms with Crippen LogP contribution in [0.4, 0.5) is 5.69 Å². The van der Waals surface area contributed by atoms with Gasteiger partial charge in [0.25, 0.3) is 5.56 Å². The van der Waals surface area contributed by atoms with Crippen LogP contribution < -0.4 is 10.9 Å². The number of anilines is 1. The molecule has 0 saturated carbocycles.